The minimum atomic E-state index is 0. The standard InChI is InChI=1S/C11H16O.C3H6O.H2/c1-4-9-6-7-10(5-2)11(8-9)12-3;1-3(2)4;/h6-8H,4-5H2,1-3H3;1-2H3;1H. The molecule has 2 nitrogen and oxygen atoms in total. The van der Waals surface area contributed by atoms with E-state index in [2.05, 4.69) is 32.0 Å². The molecule has 0 aliphatic heterocycles. The van der Waals surface area contributed by atoms with E-state index in [1.807, 2.05) is 0 Å². The monoisotopic (exact) mass is 224 g/mol. The highest BCUT2D eigenvalue weighted by molar-refractivity contribution is 5.72. The lowest BCUT2D eigenvalue weighted by Crippen LogP contribution is -1.91. The molecule has 2 heteroatoms. The van der Waals surface area contributed by atoms with E-state index in [9.17, 15) is 4.79 Å². The molecule has 1 aromatic carbocycles. The molecule has 0 aliphatic rings. The van der Waals surface area contributed by atoms with E-state index in [4.69, 9.17) is 4.74 Å². The van der Waals surface area contributed by atoms with Gasteiger partial charge in [-0.25, -0.2) is 0 Å². The molecule has 92 valence electrons. The first-order valence-corrected chi connectivity index (χ1v) is 5.68. The maximum Gasteiger partial charge on any atom is 0.126 e. The van der Waals surface area contributed by atoms with Crippen LogP contribution < -0.4 is 4.74 Å². The SMILES string of the molecule is CC(C)=O.CCc1ccc(CC)c(OC)c1.[HH]. The van der Waals surface area contributed by atoms with E-state index < -0.39 is 0 Å². The summed E-state index contributed by atoms with van der Waals surface area (Å²) < 4.78 is 5.28. The van der Waals surface area contributed by atoms with Crippen LogP contribution in [0.1, 0.15) is 40.2 Å². The number of rotatable bonds is 3. The normalized spacial score (nSPS) is 9.06. The predicted molar refractivity (Wildman–Crippen MR) is 70.2 cm³/mol. The molecule has 1 rings (SSSR count). The highest BCUT2D eigenvalue weighted by atomic mass is 16.5. The summed E-state index contributed by atoms with van der Waals surface area (Å²) in [6, 6.07) is 6.44. The molecule has 0 N–H and O–H groups in total. The summed E-state index contributed by atoms with van der Waals surface area (Å²) in [7, 11) is 1.73. The first-order valence-electron chi connectivity index (χ1n) is 5.68. The summed E-state index contributed by atoms with van der Waals surface area (Å²) in [5, 5.41) is 0. The van der Waals surface area contributed by atoms with Crippen LogP contribution in [0.2, 0.25) is 0 Å². The number of hydrogen-bond acceptors (Lipinski definition) is 2. The van der Waals surface area contributed by atoms with Gasteiger partial charge in [0.1, 0.15) is 11.5 Å². The molecule has 0 amide bonds. The number of carbonyl (C=O) groups excluding carboxylic acids is 1. The maximum absolute atomic E-state index is 9.44. The molecule has 0 aliphatic carbocycles. The van der Waals surface area contributed by atoms with Crippen molar-refractivity contribution in [2.45, 2.75) is 40.5 Å². The molecule has 0 spiro atoms. The lowest BCUT2D eigenvalue weighted by Gasteiger charge is -2.07. The third-order valence-electron chi connectivity index (χ3n) is 2.14. The Morgan fingerprint density at radius 1 is 1.25 bits per heavy atom. The summed E-state index contributed by atoms with van der Waals surface area (Å²) in [5.41, 5.74) is 2.62. The number of hydrogen-bond donors (Lipinski definition) is 0. The average molecular weight is 224 g/mol. The molecule has 0 unspecified atom stereocenters. The first kappa shape index (κ1) is 14.7. The molecule has 0 aromatic heterocycles. The lowest BCUT2D eigenvalue weighted by molar-refractivity contribution is -0.114. The molecular formula is C14H24O2. The summed E-state index contributed by atoms with van der Waals surface area (Å²) in [6.07, 6.45) is 2.10. The highest BCUT2D eigenvalue weighted by Crippen LogP contribution is 2.20. The smallest absolute Gasteiger partial charge is 0.126 e. The molecule has 0 saturated heterocycles. The van der Waals surface area contributed by atoms with Gasteiger partial charge in [-0.1, -0.05) is 26.0 Å². The zero-order chi connectivity index (χ0) is 12.6. The van der Waals surface area contributed by atoms with Crippen molar-refractivity contribution in [2.75, 3.05) is 7.11 Å². The first-order chi connectivity index (χ1) is 7.54. The lowest BCUT2D eigenvalue weighted by atomic mass is 10.1. The van der Waals surface area contributed by atoms with Gasteiger partial charge >= 0.3 is 0 Å². The second-order valence-electron chi connectivity index (χ2n) is 3.76. The van der Waals surface area contributed by atoms with Gasteiger partial charge in [-0.15, -0.1) is 0 Å². The van der Waals surface area contributed by atoms with Gasteiger partial charge in [0, 0.05) is 1.43 Å². The fourth-order valence-corrected chi connectivity index (χ4v) is 1.30. The molecule has 0 radical (unpaired) electrons. The number of aryl methyl sites for hydroxylation is 2. The van der Waals surface area contributed by atoms with Gasteiger partial charge in [0.25, 0.3) is 0 Å². The number of benzene rings is 1. The molecule has 0 heterocycles. The van der Waals surface area contributed by atoms with Crippen LogP contribution in [0.3, 0.4) is 0 Å². The van der Waals surface area contributed by atoms with Crippen molar-refractivity contribution in [2.24, 2.45) is 0 Å². The van der Waals surface area contributed by atoms with Gasteiger partial charge < -0.3 is 9.53 Å². The fourth-order valence-electron chi connectivity index (χ4n) is 1.30. The second-order valence-corrected chi connectivity index (χ2v) is 3.76. The third kappa shape index (κ3) is 5.54. The van der Waals surface area contributed by atoms with E-state index >= 15 is 0 Å². The maximum atomic E-state index is 9.44. The van der Waals surface area contributed by atoms with Crippen molar-refractivity contribution < 1.29 is 11.0 Å². The third-order valence-corrected chi connectivity index (χ3v) is 2.14. The molecule has 0 bridgehead atoms. The van der Waals surface area contributed by atoms with Crippen molar-refractivity contribution in [3.05, 3.63) is 29.3 Å². The van der Waals surface area contributed by atoms with Crippen molar-refractivity contribution in [3.8, 4) is 5.75 Å². The summed E-state index contributed by atoms with van der Waals surface area (Å²) in [5.74, 6) is 1.19. The van der Waals surface area contributed by atoms with Crippen LogP contribution in [0, 0.1) is 0 Å². The Morgan fingerprint density at radius 2 is 1.81 bits per heavy atom. The van der Waals surface area contributed by atoms with Crippen molar-refractivity contribution >= 4 is 5.78 Å². The number of ether oxygens (including phenoxy) is 1. The van der Waals surface area contributed by atoms with Crippen LogP contribution in [-0.4, -0.2) is 12.9 Å². The van der Waals surface area contributed by atoms with Gasteiger partial charge in [0.2, 0.25) is 0 Å². The van der Waals surface area contributed by atoms with Gasteiger partial charge in [-0.3, -0.25) is 0 Å². The predicted octanol–water partition coefficient (Wildman–Crippen LogP) is 3.66. The summed E-state index contributed by atoms with van der Waals surface area (Å²) in [4.78, 5) is 9.44. The Balaban J connectivity index is 0. The Hall–Kier alpha value is -1.31. The minimum absolute atomic E-state index is 0. The Morgan fingerprint density at radius 3 is 2.19 bits per heavy atom. The van der Waals surface area contributed by atoms with Crippen LogP contribution >= 0.6 is 0 Å². The number of methoxy groups -OCH3 is 1. The Bertz CT molecular complexity index is 331. The fraction of sp³-hybridized carbons (Fsp3) is 0.500. The number of carbonyl (C=O) groups is 1. The van der Waals surface area contributed by atoms with Gasteiger partial charge in [0.05, 0.1) is 7.11 Å². The number of ketones is 1. The second kappa shape index (κ2) is 7.91. The van der Waals surface area contributed by atoms with Gasteiger partial charge in [-0.05, 0) is 43.9 Å². The molecule has 0 atom stereocenters. The largest absolute Gasteiger partial charge is 0.496 e. The zero-order valence-electron chi connectivity index (χ0n) is 11.0. The Labute approximate surface area is 100 Å². The molecule has 16 heavy (non-hydrogen) atoms. The van der Waals surface area contributed by atoms with Crippen molar-refractivity contribution in [1.82, 2.24) is 0 Å². The van der Waals surface area contributed by atoms with Crippen molar-refractivity contribution in [3.63, 3.8) is 0 Å². The molecular weight excluding hydrogens is 200 g/mol. The van der Waals surface area contributed by atoms with Crippen molar-refractivity contribution in [1.29, 1.82) is 0 Å². The van der Waals surface area contributed by atoms with Crippen LogP contribution in [0.15, 0.2) is 18.2 Å². The molecule has 0 fully saturated rings. The summed E-state index contributed by atoms with van der Waals surface area (Å²) in [6.45, 7) is 7.35. The molecule has 1 aromatic rings. The van der Waals surface area contributed by atoms with E-state index in [1.54, 1.807) is 7.11 Å². The average Bonchev–Trinajstić information content (AvgIpc) is 2.27. The highest BCUT2D eigenvalue weighted by Gasteiger charge is 2.00. The van der Waals surface area contributed by atoms with E-state index in [-0.39, 0.29) is 7.21 Å². The van der Waals surface area contributed by atoms with E-state index in [0.29, 0.717) is 0 Å². The van der Waals surface area contributed by atoms with Crippen LogP contribution in [0.25, 0.3) is 0 Å². The van der Waals surface area contributed by atoms with Crippen LogP contribution in [0.4, 0.5) is 0 Å². The van der Waals surface area contributed by atoms with Crippen LogP contribution in [-0.2, 0) is 17.6 Å². The number of Topliss-reactive ketones (excluding diaryl/α,β-unsaturated/α-hetero) is 1. The van der Waals surface area contributed by atoms with Gasteiger partial charge in [0.15, 0.2) is 0 Å². The summed E-state index contributed by atoms with van der Waals surface area (Å²) >= 11 is 0. The zero-order valence-corrected chi connectivity index (χ0v) is 11.0. The topological polar surface area (TPSA) is 26.3 Å². The molecule has 0 saturated carbocycles. The van der Waals surface area contributed by atoms with Gasteiger partial charge in [-0.2, -0.15) is 0 Å². The Kier molecular flexibility index (Phi) is 7.27. The van der Waals surface area contributed by atoms with Crippen LogP contribution in [0.5, 0.6) is 5.75 Å². The minimum Gasteiger partial charge on any atom is -0.496 e. The quantitative estimate of drug-likeness (QED) is 0.783. The van der Waals surface area contributed by atoms with E-state index in [0.717, 1.165) is 18.6 Å². The van der Waals surface area contributed by atoms with E-state index in [1.165, 1.54) is 25.0 Å².